The molecule has 1 aromatic rings. The molecule has 0 radical (unpaired) electrons. The van der Waals surface area contributed by atoms with Crippen molar-refractivity contribution in [2.45, 2.75) is 59.2 Å². The minimum atomic E-state index is -0.503. The summed E-state index contributed by atoms with van der Waals surface area (Å²) in [5, 5.41) is 2.83. The fourth-order valence-corrected chi connectivity index (χ4v) is 2.35. The maximum Gasteiger partial charge on any atom is 0.496 e. The number of aromatic nitrogens is 1. The van der Waals surface area contributed by atoms with Crippen LogP contribution < -0.4 is 10.8 Å². The van der Waals surface area contributed by atoms with E-state index in [1.807, 2.05) is 47.6 Å². The molecule has 0 bridgehead atoms. The molecule has 6 heteroatoms. The van der Waals surface area contributed by atoms with Crippen molar-refractivity contribution in [1.82, 2.24) is 10.3 Å². The second kappa shape index (κ2) is 6.01. The van der Waals surface area contributed by atoms with Crippen LogP contribution in [0.3, 0.4) is 0 Å². The first kappa shape index (κ1) is 17.0. The summed E-state index contributed by atoms with van der Waals surface area (Å²) in [5.74, 6) is -0.106. The van der Waals surface area contributed by atoms with E-state index in [2.05, 4.69) is 10.3 Å². The van der Waals surface area contributed by atoms with Crippen LogP contribution in [0.5, 0.6) is 0 Å². The van der Waals surface area contributed by atoms with Crippen molar-refractivity contribution in [3.8, 4) is 0 Å². The lowest BCUT2D eigenvalue weighted by atomic mass is 9.79. The van der Waals surface area contributed by atoms with Crippen molar-refractivity contribution in [2.75, 3.05) is 6.54 Å². The molecule has 1 fully saturated rings. The number of hydrogen-bond donors (Lipinski definition) is 1. The smallest absolute Gasteiger partial charge is 0.399 e. The number of nitrogens with zero attached hydrogens (tertiary/aromatic N) is 1. The van der Waals surface area contributed by atoms with Crippen LogP contribution in [0, 0.1) is 0 Å². The maximum absolute atomic E-state index is 12.2. The van der Waals surface area contributed by atoms with Gasteiger partial charge in [0.05, 0.1) is 22.5 Å². The van der Waals surface area contributed by atoms with E-state index in [4.69, 9.17) is 9.31 Å². The summed E-state index contributed by atoms with van der Waals surface area (Å²) in [6.07, 6.45) is 2.44. The molecular formula is C16H25BN2O3. The Bertz CT molecular complexity index is 557. The Morgan fingerprint density at radius 2 is 1.82 bits per heavy atom. The van der Waals surface area contributed by atoms with Gasteiger partial charge in [-0.05, 0) is 47.1 Å². The van der Waals surface area contributed by atoms with Gasteiger partial charge in [-0.15, -0.1) is 0 Å². The quantitative estimate of drug-likeness (QED) is 0.860. The van der Waals surface area contributed by atoms with Gasteiger partial charge in [-0.3, -0.25) is 9.78 Å². The van der Waals surface area contributed by atoms with E-state index in [1.165, 1.54) is 0 Å². The molecule has 1 saturated heterocycles. The largest absolute Gasteiger partial charge is 0.496 e. The highest BCUT2D eigenvalue weighted by Crippen LogP contribution is 2.36. The number of carbonyl (C=O) groups is 1. The molecule has 0 spiro atoms. The second-order valence-electron chi connectivity index (χ2n) is 6.56. The highest BCUT2D eigenvalue weighted by atomic mass is 16.7. The third-order valence-corrected chi connectivity index (χ3v) is 4.43. The zero-order valence-electron chi connectivity index (χ0n) is 14.3. The lowest BCUT2D eigenvalue weighted by Crippen LogP contribution is -2.41. The summed E-state index contributed by atoms with van der Waals surface area (Å²) in [6.45, 7) is 12.5. The third kappa shape index (κ3) is 3.03. The first-order valence-corrected chi connectivity index (χ1v) is 7.84. The van der Waals surface area contributed by atoms with Gasteiger partial charge in [-0.25, -0.2) is 0 Å². The molecule has 0 unspecified atom stereocenters. The molecule has 1 aliphatic heterocycles. The molecule has 22 heavy (non-hydrogen) atoms. The van der Waals surface area contributed by atoms with Gasteiger partial charge in [0.2, 0.25) is 0 Å². The van der Waals surface area contributed by atoms with Gasteiger partial charge >= 0.3 is 7.12 Å². The average Bonchev–Trinajstić information content (AvgIpc) is 2.67. The SMILES string of the molecule is CCNC(=O)c1cc(B2OC(C)(C)C(C)(C)O2)cnc1CC. The summed E-state index contributed by atoms with van der Waals surface area (Å²) in [7, 11) is -0.503. The van der Waals surface area contributed by atoms with Gasteiger partial charge in [0.25, 0.3) is 5.91 Å². The molecule has 0 atom stereocenters. The van der Waals surface area contributed by atoms with E-state index in [1.54, 1.807) is 6.20 Å². The number of carbonyl (C=O) groups excluding carboxylic acids is 1. The van der Waals surface area contributed by atoms with Crippen molar-refractivity contribution in [3.05, 3.63) is 23.5 Å². The van der Waals surface area contributed by atoms with Crippen molar-refractivity contribution in [2.24, 2.45) is 0 Å². The predicted molar refractivity (Wildman–Crippen MR) is 87.3 cm³/mol. The Morgan fingerprint density at radius 3 is 2.32 bits per heavy atom. The van der Waals surface area contributed by atoms with Gasteiger partial charge < -0.3 is 14.6 Å². The van der Waals surface area contributed by atoms with Crippen LogP contribution >= 0.6 is 0 Å². The predicted octanol–water partition coefficient (Wildman–Crippen LogP) is 1.69. The Hall–Kier alpha value is -1.40. The Balaban J connectivity index is 2.34. The Morgan fingerprint density at radius 1 is 1.23 bits per heavy atom. The lowest BCUT2D eigenvalue weighted by Gasteiger charge is -2.32. The van der Waals surface area contributed by atoms with E-state index in [0.717, 1.165) is 11.2 Å². The van der Waals surface area contributed by atoms with Crippen molar-refractivity contribution in [3.63, 3.8) is 0 Å². The first-order valence-electron chi connectivity index (χ1n) is 7.84. The van der Waals surface area contributed by atoms with Crippen LogP contribution in [0.2, 0.25) is 0 Å². The van der Waals surface area contributed by atoms with E-state index in [-0.39, 0.29) is 5.91 Å². The average molecular weight is 304 g/mol. The van der Waals surface area contributed by atoms with Crippen LogP contribution in [0.1, 0.15) is 57.6 Å². The second-order valence-corrected chi connectivity index (χ2v) is 6.56. The van der Waals surface area contributed by atoms with Gasteiger partial charge in [-0.1, -0.05) is 6.92 Å². The Kier molecular flexibility index (Phi) is 4.63. The molecule has 5 nitrogen and oxygen atoms in total. The minimum Gasteiger partial charge on any atom is -0.399 e. The fourth-order valence-electron chi connectivity index (χ4n) is 2.35. The highest BCUT2D eigenvalue weighted by Gasteiger charge is 2.51. The van der Waals surface area contributed by atoms with Gasteiger partial charge in [0, 0.05) is 18.2 Å². The highest BCUT2D eigenvalue weighted by molar-refractivity contribution is 6.62. The fraction of sp³-hybridized carbons (Fsp3) is 0.625. The summed E-state index contributed by atoms with van der Waals surface area (Å²) in [5.41, 5.74) is 1.33. The maximum atomic E-state index is 12.2. The molecule has 1 N–H and O–H groups in total. The van der Waals surface area contributed by atoms with Crippen LogP contribution in [-0.4, -0.2) is 35.8 Å². The normalized spacial score (nSPS) is 19.3. The molecule has 0 aromatic carbocycles. The number of hydrogen-bond acceptors (Lipinski definition) is 4. The molecule has 120 valence electrons. The number of pyridine rings is 1. The van der Waals surface area contributed by atoms with Crippen molar-refractivity contribution >= 4 is 18.5 Å². The molecule has 0 aliphatic carbocycles. The van der Waals surface area contributed by atoms with Crippen LogP contribution in [0.4, 0.5) is 0 Å². The zero-order valence-corrected chi connectivity index (χ0v) is 14.3. The number of aryl methyl sites for hydroxylation is 1. The summed E-state index contributed by atoms with van der Waals surface area (Å²) in [6, 6.07) is 1.83. The van der Waals surface area contributed by atoms with Gasteiger partial charge in [-0.2, -0.15) is 0 Å². The van der Waals surface area contributed by atoms with Crippen molar-refractivity contribution < 1.29 is 14.1 Å². The summed E-state index contributed by atoms with van der Waals surface area (Å²) < 4.78 is 12.0. The summed E-state index contributed by atoms with van der Waals surface area (Å²) >= 11 is 0. The van der Waals surface area contributed by atoms with Gasteiger partial charge in [0.15, 0.2) is 0 Å². The molecule has 1 aromatic heterocycles. The number of nitrogens with one attached hydrogen (secondary N) is 1. The van der Waals surface area contributed by atoms with Gasteiger partial charge in [0.1, 0.15) is 0 Å². The molecule has 2 rings (SSSR count). The van der Waals surface area contributed by atoms with Crippen LogP contribution in [0.25, 0.3) is 0 Å². The number of rotatable bonds is 4. The standard InChI is InChI=1S/C16H25BN2O3/c1-7-13-12(14(20)18-8-2)9-11(10-19-13)17-21-15(3,4)16(5,6)22-17/h9-10H,7-8H2,1-6H3,(H,18,20). The van der Waals surface area contributed by atoms with E-state index in [0.29, 0.717) is 18.5 Å². The third-order valence-electron chi connectivity index (χ3n) is 4.43. The topological polar surface area (TPSA) is 60.5 Å². The summed E-state index contributed by atoms with van der Waals surface area (Å²) in [4.78, 5) is 16.6. The number of amides is 1. The van der Waals surface area contributed by atoms with Crippen LogP contribution in [-0.2, 0) is 15.7 Å². The Labute approximate surface area is 132 Å². The van der Waals surface area contributed by atoms with E-state index < -0.39 is 18.3 Å². The lowest BCUT2D eigenvalue weighted by molar-refractivity contribution is 0.00578. The monoisotopic (exact) mass is 304 g/mol. The molecule has 1 aliphatic rings. The zero-order chi connectivity index (χ0) is 16.5. The first-order chi connectivity index (χ1) is 10.2. The van der Waals surface area contributed by atoms with Crippen molar-refractivity contribution in [1.29, 1.82) is 0 Å². The molecule has 2 heterocycles. The molecule has 1 amide bonds. The molecular weight excluding hydrogens is 279 g/mol. The van der Waals surface area contributed by atoms with Crippen LogP contribution in [0.15, 0.2) is 12.3 Å². The molecule has 0 saturated carbocycles. The van der Waals surface area contributed by atoms with E-state index in [9.17, 15) is 4.79 Å². The van der Waals surface area contributed by atoms with E-state index >= 15 is 0 Å². The minimum absolute atomic E-state index is 0.106.